The van der Waals surface area contributed by atoms with Crippen LogP contribution in [0.15, 0.2) is 0 Å². The predicted molar refractivity (Wildman–Crippen MR) is 36.3 cm³/mol. The highest BCUT2D eigenvalue weighted by Crippen LogP contribution is 2.27. The van der Waals surface area contributed by atoms with Crippen molar-refractivity contribution in [2.24, 2.45) is 5.92 Å². The second-order valence-corrected chi connectivity index (χ2v) is 2.76. The van der Waals surface area contributed by atoms with Crippen molar-refractivity contribution in [2.45, 2.75) is 25.8 Å². The second kappa shape index (κ2) is 2.48. The van der Waals surface area contributed by atoms with Gasteiger partial charge in [-0.3, -0.25) is 4.79 Å². The number of nitrogens with one attached hydrogen (secondary N) is 1. The number of carbonyl (C=O) groups is 1. The van der Waals surface area contributed by atoms with E-state index in [4.69, 9.17) is 0 Å². The van der Waals surface area contributed by atoms with Crippen molar-refractivity contribution < 1.29 is 4.79 Å². The van der Waals surface area contributed by atoms with Crippen molar-refractivity contribution in [2.75, 3.05) is 7.05 Å². The number of Topliss-reactive ketones (excluding diaryl/α,β-unsaturated/α-hetero) is 1. The lowest BCUT2D eigenvalue weighted by Gasteiger charge is -2.32. The molecule has 0 aromatic carbocycles. The van der Waals surface area contributed by atoms with Crippen LogP contribution in [0.1, 0.15) is 19.8 Å². The first-order valence-corrected chi connectivity index (χ1v) is 3.41. The fraction of sp³-hybridized carbons (Fsp3) is 0.857. The highest BCUT2D eigenvalue weighted by molar-refractivity contribution is 5.79. The Morgan fingerprint density at radius 2 is 2.11 bits per heavy atom. The number of ketones is 1. The summed E-state index contributed by atoms with van der Waals surface area (Å²) in [5.74, 6) is 0.712. The van der Waals surface area contributed by atoms with Gasteiger partial charge in [0.15, 0.2) is 0 Å². The van der Waals surface area contributed by atoms with Gasteiger partial charge in [0.1, 0.15) is 5.78 Å². The van der Waals surface area contributed by atoms with Gasteiger partial charge in [-0.2, -0.15) is 0 Å². The van der Waals surface area contributed by atoms with E-state index in [9.17, 15) is 4.79 Å². The molecule has 1 saturated carbocycles. The highest BCUT2D eigenvalue weighted by Gasteiger charge is 2.30. The molecule has 0 spiro atoms. The fourth-order valence-electron chi connectivity index (χ4n) is 1.19. The molecule has 0 aromatic heterocycles. The summed E-state index contributed by atoms with van der Waals surface area (Å²) in [6, 6.07) is 0.610. The number of rotatable bonds is 2. The molecule has 1 N–H and O–H groups in total. The Labute approximate surface area is 55.6 Å². The summed E-state index contributed by atoms with van der Waals surface area (Å²) in [5.41, 5.74) is 0. The first kappa shape index (κ1) is 6.75. The third-order valence-corrected chi connectivity index (χ3v) is 2.12. The van der Waals surface area contributed by atoms with Crippen LogP contribution in [-0.2, 0) is 4.79 Å². The summed E-state index contributed by atoms with van der Waals surface area (Å²) >= 11 is 0. The van der Waals surface area contributed by atoms with E-state index in [1.54, 1.807) is 6.92 Å². The minimum atomic E-state index is 0.349. The maximum Gasteiger partial charge on any atom is 0.133 e. The monoisotopic (exact) mass is 127 g/mol. The Bertz CT molecular complexity index is 116. The van der Waals surface area contributed by atoms with Crippen LogP contribution in [0.4, 0.5) is 0 Å². The smallest absolute Gasteiger partial charge is 0.133 e. The summed E-state index contributed by atoms with van der Waals surface area (Å²) in [6.07, 6.45) is 2.09. The molecule has 0 radical (unpaired) electrons. The van der Waals surface area contributed by atoms with E-state index >= 15 is 0 Å². The topological polar surface area (TPSA) is 29.1 Å². The minimum Gasteiger partial charge on any atom is -0.317 e. The normalized spacial score (nSPS) is 33.6. The van der Waals surface area contributed by atoms with Crippen LogP contribution in [0.25, 0.3) is 0 Å². The van der Waals surface area contributed by atoms with Gasteiger partial charge >= 0.3 is 0 Å². The Morgan fingerprint density at radius 3 is 2.44 bits per heavy atom. The average molecular weight is 127 g/mol. The number of hydrogen-bond donors (Lipinski definition) is 1. The Hall–Kier alpha value is -0.370. The van der Waals surface area contributed by atoms with Crippen molar-refractivity contribution in [1.82, 2.24) is 5.32 Å². The number of hydrogen-bond acceptors (Lipinski definition) is 2. The Balaban J connectivity index is 2.19. The molecular weight excluding hydrogens is 114 g/mol. The van der Waals surface area contributed by atoms with Crippen molar-refractivity contribution in [3.05, 3.63) is 0 Å². The molecule has 0 unspecified atom stereocenters. The predicted octanol–water partition coefficient (Wildman–Crippen LogP) is 0.573. The Kier molecular flexibility index (Phi) is 1.86. The van der Waals surface area contributed by atoms with Crippen molar-refractivity contribution >= 4 is 5.78 Å². The minimum absolute atomic E-state index is 0.349. The summed E-state index contributed by atoms with van der Waals surface area (Å²) < 4.78 is 0. The largest absolute Gasteiger partial charge is 0.317 e. The summed E-state index contributed by atoms with van der Waals surface area (Å²) in [6.45, 7) is 1.68. The molecule has 2 heteroatoms. The number of carbonyl (C=O) groups excluding carboxylic acids is 1. The van der Waals surface area contributed by atoms with Crippen LogP contribution in [-0.4, -0.2) is 18.9 Å². The molecule has 1 aliphatic rings. The molecule has 0 saturated heterocycles. The fourth-order valence-corrected chi connectivity index (χ4v) is 1.19. The molecule has 0 bridgehead atoms. The lowest BCUT2D eigenvalue weighted by atomic mass is 9.78. The molecule has 2 nitrogen and oxygen atoms in total. The SMILES string of the molecule is CNC1CC(C(C)=O)C1. The van der Waals surface area contributed by atoms with Gasteiger partial charge in [-0.05, 0) is 26.8 Å². The molecule has 52 valence electrons. The van der Waals surface area contributed by atoms with Gasteiger partial charge in [0, 0.05) is 12.0 Å². The van der Waals surface area contributed by atoms with Gasteiger partial charge in [0.2, 0.25) is 0 Å². The molecular formula is C7H13NO. The van der Waals surface area contributed by atoms with Crippen LogP contribution in [0, 0.1) is 5.92 Å². The van der Waals surface area contributed by atoms with E-state index in [1.807, 2.05) is 7.05 Å². The summed E-state index contributed by atoms with van der Waals surface area (Å²) in [7, 11) is 1.95. The van der Waals surface area contributed by atoms with E-state index in [2.05, 4.69) is 5.32 Å². The average Bonchev–Trinajstić information content (AvgIpc) is 1.61. The zero-order valence-corrected chi connectivity index (χ0v) is 5.98. The maximum absolute atomic E-state index is 10.7. The van der Waals surface area contributed by atoms with Crippen LogP contribution >= 0.6 is 0 Å². The summed E-state index contributed by atoms with van der Waals surface area (Å²) in [4.78, 5) is 10.7. The van der Waals surface area contributed by atoms with Gasteiger partial charge in [-0.25, -0.2) is 0 Å². The van der Waals surface area contributed by atoms with Gasteiger partial charge in [-0.1, -0.05) is 0 Å². The zero-order chi connectivity index (χ0) is 6.85. The maximum atomic E-state index is 10.7. The Morgan fingerprint density at radius 1 is 1.56 bits per heavy atom. The first-order chi connectivity index (χ1) is 4.24. The molecule has 1 aliphatic carbocycles. The van der Waals surface area contributed by atoms with Crippen molar-refractivity contribution in [1.29, 1.82) is 0 Å². The van der Waals surface area contributed by atoms with E-state index < -0.39 is 0 Å². The zero-order valence-electron chi connectivity index (χ0n) is 5.98. The van der Waals surface area contributed by atoms with Crippen molar-refractivity contribution in [3.63, 3.8) is 0 Å². The van der Waals surface area contributed by atoms with Crippen LogP contribution in [0.5, 0.6) is 0 Å². The van der Waals surface area contributed by atoms with Crippen LogP contribution < -0.4 is 5.32 Å². The first-order valence-electron chi connectivity index (χ1n) is 3.41. The molecule has 0 amide bonds. The van der Waals surface area contributed by atoms with Gasteiger partial charge in [0.05, 0.1) is 0 Å². The van der Waals surface area contributed by atoms with Gasteiger partial charge < -0.3 is 5.32 Å². The molecule has 0 heterocycles. The van der Waals surface area contributed by atoms with Crippen LogP contribution in [0.3, 0.4) is 0 Å². The lowest BCUT2D eigenvalue weighted by molar-refractivity contribution is -0.123. The standard InChI is InChI=1S/C7H13NO/c1-5(9)6-3-7(4-6)8-2/h6-8H,3-4H2,1-2H3. The third-order valence-electron chi connectivity index (χ3n) is 2.12. The van der Waals surface area contributed by atoms with E-state index in [0.29, 0.717) is 17.7 Å². The van der Waals surface area contributed by atoms with E-state index in [0.717, 1.165) is 12.8 Å². The third kappa shape index (κ3) is 1.30. The van der Waals surface area contributed by atoms with Gasteiger partial charge in [-0.15, -0.1) is 0 Å². The molecule has 1 fully saturated rings. The highest BCUT2D eigenvalue weighted by atomic mass is 16.1. The van der Waals surface area contributed by atoms with E-state index in [-0.39, 0.29) is 0 Å². The lowest BCUT2D eigenvalue weighted by Crippen LogP contribution is -2.41. The second-order valence-electron chi connectivity index (χ2n) is 2.76. The van der Waals surface area contributed by atoms with Crippen LogP contribution in [0.2, 0.25) is 0 Å². The quantitative estimate of drug-likeness (QED) is 0.587. The van der Waals surface area contributed by atoms with E-state index in [1.165, 1.54) is 0 Å². The molecule has 9 heavy (non-hydrogen) atoms. The molecule has 0 aromatic rings. The summed E-state index contributed by atoms with van der Waals surface area (Å²) in [5, 5.41) is 3.13. The molecule has 1 rings (SSSR count). The molecule has 0 atom stereocenters. The van der Waals surface area contributed by atoms with Gasteiger partial charge in [0.25, 0.3) is 0 Å². The molecule has 0 aliphatic heterocycles. The van der Waals surface area contributed by atoms with Crippen molar-refractivity contribution in [3.8, 4) is 0 Å².